The summed E-state index contributed by atoms with van der Waals surface area (Å²) in [6.07, 6.45) is 17.9. The first-order chi connectivity index (χ1) is 17.2. The van der Waals surface area contributed by atoms with Crippen LogP contribution < -0.4 is 4.57 Å². The molecule has 0 amide bonds. The molecule has 1 heterocycles. The van der Waals surface area contributed by atoms with Crippen LogP contribution in [0.3, 0.4) is 0 Å². The van der Waals surface area contributed by atoms with Gasteiger partial charge >= 0.3 is 0 Å². The van der Waals surface area contributed by atoms with E-state index in [0.29, 0.717) is 0 Å². The highest BCUT2D eigenvalue weighted by molar-refractivity contribution is 6.17. The predicted octanol–water partition coefficient (Wildman–Crippen LogP) is 6.43. The van der Waals surface area contributed by atoms with Crippen molar-refractivity contribution >= 4 is 28.1 Å². The quantitative estimate of drug-likeness (QED) is 0.384. The van der Waals surface area contributed by atoms with E-state index in [0.717, 1.165) is 42.8 Å². The second-order valence-electron chi connectivity index (χ2n) is 8.95. The van der Waals surface area contributed by atoms with Gasteiger partial charge < -0.3 is 5.11 Å². The Morgan fingerprint density at radius 3 is 2.69 bits per heavy atom. The highest BCUT2D eigenvalue weighted by Gasteiger charge is 2.16. The Morgan fingerprint density at radius 1 is 1.06 bits per heavy atom. The van der Waals surface area contributed by atoms with Crippen molar-refractivity contribution in [3.63, 3.8) is 0 Å². The van der Waals surface area contributed by atoms with Crippen LogP contribution >= 0.6 is 0 Å². The molecule has 0 aliphatic heterocycles. The normalized spacial score (nSPS) is 16.1. The lowest BCUT2D eigenvalue weighted by molar-refractivity contribution is -0.697. The number of hydrogen-bond donors (Lipinski definition) is 1. The summed E-state index contributed by atoms with van der Waals surface area (Å²) in [6, 6.07) is 17.5. The summed E-state index contributed by atoms with van der Waals surface area (Å²) in [5.74, 6) is 0. The molecule has 1 aliphatic rings. The molecule has 0 saturated heterocycles. The number of aliphatic hydroxyl groups is 1. The van der Waals surface area contributed by atoms with Crippen LogP contribution in [0.4, 0.5) is 0 Å². The molecule has 3 heteroatoms. The number of fused-ring (bicyclic) bond motifs is 1. The van der Waals surface area contributed by atoms with Crippen molar-refractivity contribution in [3.8, 4) is 0 Å². The lowest BCUT2D eigenvalue weighted by atomic mass is 9.89. The maximum absolute atomic E-state index is 9.46. The van der Waals surface area contributed by atoms with Crippen molar-refractivity contribution in [1.29, 1.82) is 0 Å². The van der Waals surface area contributed by atoms with Crippen molar-refractivity contribution in [2.24, 2.45) is 4.99 Å². The van der Waals surface area contributed by atoms with Crippen LogP contribution in [0.1, 0.15) is 42.1 Å². The summed E-state index contributed by atoms with van der Waals surface area (Å²) >= 11 is 0. The van der Waals surface area contributed by atoms with Crippen LogP contribution in [0.15, 0.2) is 95.7 Å². The van der Waals surface area contributed by atoms with Gasteiger partial charge in [0.1, 0.15) is 0 Å². The van der Waals surface area contributed by atoms with Crippen molar-refractivity contribution in [3.05, 3.63) is 113 Å². The molecule has 1 aliphatic carbocycles. The van der Waals surface area contributed by atoms with Crippen LogP contribution in [0.2, 0.25) is 0 Å². The number of rotatable bonds is 8. The van der Waals surface area contributed by atoms with Gasteiger partial charge in [0.2, 0.25) is 5.69 Å². The van der Waals surface area contributed by atoms with E-state index in [1.807, 2.05) is 13.1 Å². The highest BCUT2D eigenvalue weighted by Crippen LogP contribution is 2.30. The Balaban J connectivity index is 1.93. The third-order valence-corrected chi connectivity index (χ3v) is 6.51. The predicted molar refractivity (Wildman–Crippen MR) is 149 cm³/mol. The van der Waals surface area contributed by atoms with Crippen molar-refractivity contribution < 1.29 is 9.67 Å². The minimum absolute atomic E-state index is 0.176. The van der Waals surface area contributed by atoms with E-state index < -0.39 is 0 Å². The smallest absolute Gasteiger partial charge is 0.213 e. The Morgan fingerprint density at radius 2 is 1.89 bits per heavy atom. The number of allylic oxidation sites excluding steroid dienone is 7. The van der Waals surface area contributed by atoms with Gasteiger partial charge in [-0.1, -0.05) is 68.0 Å². The molecule has 0 fully saturated rings. The van der Waals surface area contributed by atoms with Crippen LogP contribution in [-0.2, 0) is 13.0 Å². The zero-order valence-electron chi connectivity index (χ0n) is 21.0. The molecular formula is C32H35N2O+. The van der Waals surface area contributed by atoms with Crippen molar-refractivity contribution in [2.75, 3.05) is 13.7 Å². The number of hydrogen-bond acceptors (Lipinski definition) is 2. The van der Waals surface area contributed by atoms with Crippen LogP contribution in [0.25, 0.3) is 22.4 Å². The number of aryl methyl sites for hydroxylation is 3. The largest absolute Gasteiger partial charge is 0.396 e. The van der Waals surface area contributed by atoms with Gasteiger partial charge in [-0.25, -0.2) is 0 Å². The molecule has 0 saturated carbocycles. The zero-order valence-corrected chi connectivity index (χ0v) is 21.0. The zero-order chi connectivity index (χ0) is 24.6. The maximum atomic E-state index is 9.46. The standard InChI is InChI=1S/C32H35N2O/c1-4-10-25-16-15-24(2)30(23-25)28(29-13-7-8-14-31(29)33-3)17-18-32-27-12-6-5-11-26(27)19-21-34(32)20-9-22-35/h5-8,11-19,21,23,35H,4,9-10,20,22H2,1-3H3/q+1/b18-17+,29-28-,33-31+. The Kier molecular flexibility index (Phi) is 8.23. The molecule has 1 aromatic heterocycles. The van der Waals surface area contributed by atoms with E-state index in [1.54, 1.807) is 0 Å². The fourth-order valence-corrected chi connectivity index (χ4v) is 4.69. The average Bonchev–Trinajstić information content (AvgIpc) is 2.90. The van der Waals surface area contributed by atoms with Gasteiger partial charge in [-0.15, -0.1) is 0 Å². The van der Waals surface area contributed by atoms with Crippen LogP contribution in [-0.4, -0.2) is 24.5 Å². The lowest BCUT2D eigenvalue weighted by Crippen LogP contribution is -2.37. The van der Waals surface area contributed by atoms with E-state index in [-0.39, 0.29) is 6.61 Å². The lowest BCUT2D eigenvalue weighted by Gasteiger charge is -2.16. The Bertz CT molecular complexity index is 1360. The summed E-state index contributed by atoms with van der Waals surface area (Å²) in [5, 5.41) is 11.9. The first-order valence-electron chi connectivity index (χ1n) is 12.5. The third kappa shape index (κ3) is 5.58. The minimum Gasteiger partial charge on any atom is -0.396 e. The molecule has 3 nitrogen and oxygen atoms in total. The maximum Gasteiger partial charge on any atom is 0.213 e. The van der Waals surface area contributed by atoms with Gasteiger partial charge in [0, 0.05) is 37.8 Å². The second kappa shape index (κ2) is 11.7. The highest BCUT2D eigenvalue weighted by atomic mass is 16.3. The Hall–Kier alpha value is -3.56. The van der Waals surface area contributed by atoms with Crippen LogP contribution in [0.5, 0.6) is 0 Å². The molecule has 0 spiro atoms. The van der Waals surface area contributed by atoms with Crippen LogP contribution in [0, 0.1) is 6.92 Å². The molecule has 178 valence electrons. The van der Waals surface area contributed by atoms with E-state index in [4.69, 9.17) is 0 Å². The molecule has 0 bridgehead atoms. The Labute approximate surface area is 209 Å². The first-order valence-corrected chi connectivity index (χ1v) is 12.5. The minimum atomic E-state index is 0.176. The fraction of sp³-hybridized carbons (Fsp3) is 0.250. The number of aromatic nitrogens is 1. The number of aliphatic hydroxyl groups excluding tert-OH is 1. The molecule has 2 aromatic carbocycles. The van der Waals surface area contributed by atoms with E-state index >= 15 is 0 Å². The van der Waals surface area contributed by atoms with Gasteiger partial charge in [-0.3, -0.25) is 4.99 Å². The number of benzene rings is 2. The van der Waals surface area contributed by atoms with Gasteiger partial charge in [-0.05, 0) is 59.2 Å². The van der Waals surface area contributed by atoms with Crippen molar-refractivity contribution in [2.45, 2.75) is 39.7 Å². The van der Waals surface area contributed by atoms with Gasteiger partial charge in [-0.2, -0.15) is 4.57 Å². The molecule has 35 heavy (non-hydrogen) atoms. The molecule has 0 unspecified atom stereocenters. The topological polar surface area (TPSA) is 36.5 Å². The molecular weight excluding hydrogens is 428 g/mol. The first kappa shape index (κ1) is 24.6. The van der Waals surface area contributed by atoms with Gasteiger partial charge in [0.25, 0.3) is 0 Å². The molecule has 1 N–H and O–H groups in total. The van der Waals surface area contributed by atoms with E-state index in [1.165, 1.54) is 33.0 Å². The summed E-state index contributed by atoms with van der Waals surface area (Å²) in [4.78, 5) is 4.58. The summed E-state index contributed by atoms with van der Waals surface area (Å²) in [5.41, 5.74) is 8.27. The number of nitrogens with zero attached hydrogens (tertiary/aromatic N) is 2. The van der Waals surface area contributed by atoms with Gasteiger partial charge in [0.15, 0.2) is 12.7 Å². The summed E-state index contributed by atoms with van der Waals surface area (Å²) < 4.78 is 2.24. The number of aliphatic imine (C=N–C) groups is 1. The monoisotopic (exact) mass is 463 g/mol. The summed E-state index contributed by atoms with van der Waals surface area (Å²) in [6.45, 7) is 5.35. The molecule has 3 aromatic rings. The summed E-state index contributed by atoms with van der Waals surface area (Å²) in [7, 11) is 1.86. The van der Waals surface area contributed by atoms with Gasteiger partial charge in [0.05, 0.1) is 11.1 Å². The molecule has 4 rings (SSSR count). The molecule has 0 radical (unpaired) electrons. The van der Waals surface area contributed by atoms with Crippen molar-refractivity contribution in [1.82, 2.24) is 0 Å². The average molecular weight is 464 g/mol. The fourth-order valence-electron chi connectivity index (χ4n) is 4.69. The number of pyridine rings is 1. The second-order valence-corrected chi connectivity index (χ2v) is 8.95. The molecule has 0 atom stereocenters. The van der Waals surface area contributed by atoms with E-state index in [2.05, 4.69) is 109 Å². The SMILES string of the molecule is CCCc1ccc(C)c(C(/C=C/c2c3ccccc3cc[n+]2CCCO)=C2/C=CC=C/C2=N\C)c1. The van der Waals surface area contributed by atoms with E-state index in [9.17, 15) is 5.11 Å². The third-order valence-electron chi connectivity index (χ3n) is 6.51.